The Morgan fingerprint density at radius 2 is 0.775 bits per heavy atom. The second-order valence-corrected chi connectivity index (χ2v) is 24.4. The van der Waals surface area contributed by atoms with E-state index in [0.29, 0.717) is 0 Å². The van der Waals surface area contributed by atoms with Gasteiger partial charge in [-0.05, 0) is 109 Å². The van der Waals surface area contributed by atoms with Crippen LogP contribution in [0.3, 0.4) is 0 Å². The van der Waals surface area contributed by atoms with Crippen LogP contribution in [0.2, 0.25) is 0 Å². The van der Waals surface area contributed by atoms with Crippen molar-refractivity contribution in [1.29, 1.82) is 0 Å². The highest BCUT2D eigenvalue weighted by Crippen LogP contribution is 2.48. The van der Waals surface area contributed by atoms with Gasteiger partial charge in [0.15, 0.2) is 0 Å². The molecule has 4 nitrogen and oxygen atoms in total. The largest absolute Gasteiger partial charge is 0.340 e. The molecule has 7 aromatic heterocycles. The van der Waals surface area contributed by atoms with Crippen molar-refractivity contribution in [1.82, 2.24) is 17.9 Å². The first-order valence-corrected chi connectivity index (χ1v) is 30.1. The van der Waals surface area contributed by atoms with E-state index in [0.717, 1.165) is 24.5 Å². The van der Waals surface area contributed by atoms with E-state index in [1.807, 2.05) is 45.3 Å². The fourth-order valence-corrected chi connectivity index (χ4v) is 16.0. The summed E-state index contributed by atoms with van der Waals surface area (Å²) in [7, 11) is 0. The smallest absolute Gasteiger partial charge is 0.0905 e. The third-order valence-electron chi connectivity index (χ3n) is 14.8. The molecule has 2 unspecified atom stereocenters. The van der Waals surface area contributed by atoms with Gasteiger partial charge in [0.2, 0.25) is 0 Å². The number of thiophene rings is 4. The van der Waals surface area contributed by atoms with Gasteiger partial charge in [0.1, 0.15) is 0 Å². The molecule has 358 valence electrons. The van der Waals surface area contributed by atoms with Crippen LogP contribution in [0.4, 0.5) is 0 Å². The Bertz CT molecular complexity index is 3400. The number of fused-ring (bicyclic) bond motifs is 7. The highest BCUT2D eigenvalue weighted by atomic mass is 32.1. The standard InChI is InChI=1S/C62H60N4S5/c1-3-5-7-9-11-17-37-65-49-21-15-13-19-43(49)47-39-41(23-27-51(47)65)53-29-33-57(67-53)59-35-31-55(69-59)45-25-26-46(62-61(45)63-71-64-62)56-32-36-60(70-56)58-34-30-54(68-58)42-24-28-52-48(40-42)44-20-14-16-22-50(44)66(52)38-18-12-10-8-6-4-2/h13-16,19-36,39-40,45-46H,3-12,17-18,37-38H2,1-2H3. The van der Waals surface area contributed by atoms with Crippen LogP contribution in [0.5, 0.6) is 0 Å². The summed E-state index contributed by atoms with van der Waals surface area (Å²) in [6, 6.07) is 50.7. The first kappa shape index (κ1) is 46.6. The van der Waals surface area contributed by atoms with Crippen LogP contribution in [-0.4, -0.2) is 17.9 Å². The average molecular weight is 1020 g/mol. The predicted molar refractivity (Wildman–Crippen MR) is 312 cm³/mol. The van der Waals surface area contributed by atoms with Gasteiger partial charge in [-0.1, -0.05) is 139 Å². The van der Waals surface area contributed by atoms with Crippen molar-refractivity contribution in [3.63, 3.8) is 0 Å². The number of unbranched alkanes of at least 4 members (excludes halogenated alkanes) is 10. The molecule has 1 aliphatic carbocycles. The summed E-state index contributed by atoms with van der Waals surface area (Å²) in [6.07, 6.45) is 20.5. The Hall–Kier alpha value is -5.42. The van der Waals surface area contributed by atoms with E-state index in [2.05, 4.69) is 169 Å². The Labute approximate surface area is 438 Å². The fourth-order valence-electron chi connectivity index (χ4n) is 11.0. The molecule has 0 aliphatic heterocycles. The molecular formula is C62H60N4S5. The monoisotopic (exact) mass is 1020 g/mol. The molecule has 71 heavy (non-hydrogen) atoms. The van der Waals surface area contributed by atoms with Crippen molar-refractivity contribution in [3.8, 4) is 40.4 Å². The minimum Gasteiger partial charge on any atom is -0.340 e. The Morgan fingerprint density at radius 3 is 1.25 bits per heavy atom. The third kappa shape index (κ3) is 9.22. The van der Waals surface area contributed by atoms with Crippen molar-refractivity contribution in [2.75, 3.05) is 0 Å². The second-order valence-electron chi connectivity index (χ2n) is 19.4. The van der Waals surface area contributed by atoms with Crippen molar-refractivity contribution in [3.05, 3.63) is 167 Å². The van der Waals surface area contributed by atoms with Crippen LogP contribution in [0.1, 0.15) is 124 Å². The SMILES string of the molecule is CCCCCCCCn1c2ccccc2c2cc(-c3ccc(-c4ccc(C5C=CC(c6ccc(-c7ccc(-c8ccc9c(c8)c8ccccc8n9CCCCCCCC)s7)s6)c6nsnc65)s4)s3)ccc21. The van der Waals surface area contributed by atoms with E-state index in [4.69, 9.17) is 8.75 Å². The molecule has 11 aromatic rings. The molecule has 0 saturated carbocycles. The van der Waals surface area contributed by atoms with Gasteiger partial charge < -0.3 is 9.13 Å². The Balaban J connectivity index is 0.737. The van der Waals surface area contributed by atoms with Crippen molar-refractivity contribution >= 4 is 101 Å². The van der Waals surface area contributed by atoms with Crippen LogP contribution in [-0.2, 0) is 13.1 Å². The lowest BCUT2D eigenvalue weighted by molar-refractivity contribution is 0.571. The summed E-state index contributed by atoms with van der Waals surface area (Å²) in [5, 5.41) is 5.42. The summed E-state index contributed by atoms with van der Waals surface area (Å²) < 4.78 is 15.0. The molecule has 4 aromatic carbocycles. The average Bonchev–Trinajstić information content (AvgIpc) is 4.28. The zero-order chi connectivity index (χ0) is 47.7. The molecular weight excluding hydrogens is 961 g/mol. The van der Waals surface area contributed by atoms with Gasteiger partial charge in [-0.3, -0.25) is 0 Å². The zero-order valence-corrected chi connectivity index (χ0v) is 44.8. The number of aromatic nitrogens is 4. The number of benzene rings is 4. The highest BCUT2D eigenvalue weighted by Gasteiger charge is 2.31. The molecule has 0 bridgehead atoms. The van der Waals surface area contributed by atoms with E-state index in [1.165, 1.54) is 183 Å². The first-order valence-electron chi connectivity index (χ1n) is 26.1. The molecule has 0 fully saturated rings. The third-order valence-corrected chi connectivity index (χ3v) is 20.3. The number of para-hydroxylation sites is 2. The van der Waals surface area contributed by atoms with Crippen LogP contribution in [0.25, 0.3) is 84.0 Å². The summed E-state index contributed by atoms with van der Waals surface area (Å²) in [6.45, 7) is 6.73. The van der Waals surface area contributed by atoms with Crippen LogP contribution >= 0.6 is 57.1 Å². The molecule has 0 amide bonds. The van der Waals surface area contributed by atoms with Crippen LogP contribution in [0.15, 0.2) is 146 Å². The topological polar surface area (TPSA) is 35.6 Å². The van der Waals surface area contributed by atoms with E-state index in [-0.39, 0.29) is 11.8 Å². The highest BCUT2D eigenvalue weighted by molar-refractivity contribution is 7.24. The van der Waals surface area contributed by atoms with Crippen molar-refractivity contribution < 1.29 is 0 Å². The number of hydrogen-bond donors (Lipinski definition) is 0. The van der Waals surface area contributed by atoms with Gasteiger partial charge in [-0.2, -0.15) is 8.75 Å². The number of aryl methyl sites for hydroxylation is 2. The Morgan fingerprint density at radius 1 is 0.380 bits per heavy atom. The maximum atomic E-state index is 4.96. The van der Waals surface area contributed by atoms with Gasteiger partial charge in [0.25, 0.3) is 0 Å². The summed E-state index contributed by atoms with van der Waals surface area (Å²) in [4.78, 5) is 10.5. The lowest BCUT2D eigenvalue weighted by Crippen LogP contribution is -2.10. The summed E-state index contributed by atoms with van der Waals surface area (Å²) >= 11 is 8.92. The van der Waals surface area contributed by atoms with E-state index >= 15 is 0 Å². The maximum absolute atomic E-state index is 4.96. The van der Waals surface area contributed by atoms with E-state index in [1.54, 1.807) is 0 Å². The van der Waals surface area contributed by atoms with E-state index in [9.17, 15) is 0 Å². The lowest BCUT2D eigenvalue weighted by Gasteiger charge is -2.20. The normalized spacial score (nSPS) is 14.8. The molecule has 12 rings (SSSR count). The van der Waals surface area contributed by atoms with Gasteiger partial charge in [0, 0.05) is 95.7 Å². The van der Waals surface area contributed by atoms with Crippen molar-refractivity contribution in [2.45, 2.75) is 116 Å². The van der Waals surface area contributed by atoms with Crippen molar-refractivity contribution in [2.24, 2.45) is 0 Å². The lowest BCUT2D eigenvalue weighted by atomic mass is 9.87. The summed E-state index contributed by atoms with van der Waals surface area (Å²) in [5.41, 5.74) is 10.2. The second kappa shape index (κ2) is 21.0. The molecule has 9 heteroatoms. The molecule has 7 heterocycles. The molecule has 1 aliphatic rings. The maximum Gasteiger partial charge on any atom is 0.0905 e. The molecule has 0 N–H and O–H groups in total. The van der Waals surface area contributed by atoms with Gasteiger partial charge in [-0.25, -0.2) is 0 Å². The molecule has 0 saturated heterocycles. The molecule has 0 radical (unpaired) electrons. The Kier molecular flexibility index (Phi) is 13.8. The summed E-state index contributed by atoms with van der Waals surface area (Å²) in [5.74, 6) is 0.214. The zero-order valence-electron chi connectivity index (χ0n) is 40.7. The predicted octanol–water partition coefficient (Wildman–Crippen LogP) is 20.2. The number of nitrogens with zero attached hydrogens (tertiary/aromatic N) is 4. The number of allylic oxidation sites excluding steroid dienone is 2. The van der Waals surface area contributed by atoms with E-state index < -0.39 is 0 Å². The van der Waals surface area contributed by atoms with Gasteiger partial charge in [0.05, 0.1) is 35.0 Å². The van der Waals surface area contributed by atoms with Gasteiger partial charge >= 0.3 is 0 Å². The van der Waals surface area contributed by atoms with Crippen LogP contribution in [0, 0.1) is 0 Å². The van der Waals surface area contributed by atoms with Crippen LogP contribution < -0.4 is 0 Å². The fraction of sp³-hybridized carbons (Fsp3) is 0.290. The number of rotatable bonds is 20. The molecule has 0 spiro atoms. The number of hydrogen-bond acceptors (Lipinski definition) is 7. The minimum atomic E-state index is 0.107. The van der Waals surface area contributed by atoms with Gasteiger partial charge in [-0.15, -0.1) is 45.3 Å². The first-order chi connectivity index (χ1) is 35.1. The quantitative estimate of drug-likeness (QED) is 0.0563. The minimum absolute atomic E-state index is 0.107. The molecule has 2 atom stereocenters.